The highest BCUT2D eigenvalue weighted by molar-refractivity contribution is 5.95. The first kappa shape index (κ1) is 23.2. The average molecular weight is 477 g/mol. The zero-order valence-electron chi connectivity index (χ0n) is 20.3. The van der Waals surface area contributed by atoms with Crippen molar-refractivity contribution in [2.45, 2.75) is 32.9 Å². The van der Waals surface area contributed by atoms with Gasteiger partial charge in [0.2, 0.25) is 5.91 Å². The third-order valence-electron chi connectivity index (χ3n) is 6.88. The Balaban J connectivity index is 1.30. The summed E-state index contributed by atoms with van der Waals surface area (Å²) in [5, 5.41) is 12.4. The van der Waals surface area contributed by atoms with Crippen LogP contribution < -0.4 is 15.4 Å². The maximum Gasteiger partial charge on any atom is 0.318 e. The smallest absolute Gasteiger partial charge is 0.318 e. The molecule has 1 fully saturated rings. The van der Waals surface area contributed by atoms with Crippen molar-refractivity contribution in [2.75, 3.05) is 49.9 Å². The molecule has 0 bridgehead atoms. The van der Waals surface area contributed by atoms with Crippen molar-refractivity contribution >= 4 is 28.2 Å². The van der Waals surface area contributed by atoms with Crippen LogP contribution in [-0.4, -0.2) is 76.2 Å². The summed E-state index contributed by atoms with van der Waals surface area (Å²) < 4.78 is 6.09. The zero-order chi connectivity index (χ0) is 24.5. The number of hydrogen-bond acceptors (Lipinski definition) is 8. The van der Waals surface area contributed by atoms with Gasteiger partial charge in [0.1, 0.15) is 17.7 Å². The Morgan fingerprint density at radius 3 is 2.69 bits per heavy atom. The highest BCUT2D eigenvalue weighted by Gasteiger charge is 2.25. The highest BCUT2D eigenvalue weighted by atomic mass is 16.5. The fourth-order valence-electron chi connectivity index (χ4n) is 5.06. The molecule has 3 N–H and O–H groups in total. The van der Waals surface area contributed by atoms with Crippen LogP contribution >= 0.6 is 0 Å². The van der Waals surface area contributed by atoms with Crippen molar-refractivity contribution in [1.29, 1.82) is 0 Å². The number of nitrogens with zero attached hydrogens (tertiary/aromatic N) is 5. The second kappa shape index (κ2) is 9.58. The molecule has 0 unspecified atom stereocenters. The minimum Gasteiger partial charge on any atom is -0.508 e. The monoisotopic (exact) mass is 476 g/mol. The Bertz CT molecular complexity index is 1240. The number of carbonyl (C=O) groups excluding carboxylic acids is 1. The molecule has 2 aliphatic rings. The summed E-state index contributed by atoms with van der Waals surface area (Å²) in [5.74, 6) is 0.834. The number of phenolic OH excluding ortho intramolecular Hbond substituents is 1. The lowest BCUT2D eigenvalue weighted by atomic mass is 10.0. The van der Waals surface area contributed by atoms with Gasteiger partial charge in [-0.05, 0) is 24.8 Å². The summed E-state index contributed by atoms with van der Waals surface area (Å²) in [5.41, 5.74) is 9.10. The maximum atomic E-state index is 11.6. The quantitative estimate of drug-likeness (QED) is 0.578. The van der Waals surface area contributed by atoms with E-state index in [2.05, 4.69) is 20.9 Å². The zero-order valence-corrected chi connectivity index (χ0v) is 20.3. The van der Waals surface area contributed by atoms with Crippen LogP contribution in [0.25, 0.3) is 10.8 Å². The van der Waals surface area contributed by atoms with Crippen LogP contribution in [0.5, 0.6) is 11.8 Å². The molecule has 9 heteroatoms. The van der Waals surface area contributed by atoms with Crippen LogP contribution in [-0.2, 0) is 17.8 Å². The molecule has 184 valence electrons. The fourth-order valence-corrected chi connectivity index (χ4v) is 5.06. The second-order valence-electron chi connectivity index (χ2n) is 9.41. The van der Waals surface area contributed by atoms with E-state index in [9.17, 15) is 9.90 Å². The van der Waals surface area contributed by atoms with Crippen molar-refractivity contribution in [3.63, 3.8) is 0 Å². The summed E-state index contributed by atoms with van der Waals surface area (Å²) in [6.07, 6.45) is 0.604. The molecule has 1 aromatic heterocycles. The Labute approximate surface area is 205 Å². The molecule has 2 aliphatic heterocycles. The van der Waals surface area contributed by atoms with Gasteiger partial charge in [0.05, 0.1) is 12.2 Å². The van der Waals surface area contributed by atoms with Gasteiger partial charge in [-0.25, -0.2) is 0 Å². The Hall–Kier alpha value is -3.59. The van der Waals surface area contributed by atoms with E-state index in [1.165, 1.54) is 0 Å². The van der Waals surface area contributed by atoms with Crippen molar-refractivity contribution in [3.05, 3.63) is 47.7 Å². The van der Waals surface area contributed by atoms with E-state index in [0.29, 0.717) is 18.4 Å². The number of nitrogens with two attached hydrogens (primary N) is 1. The lowest BCUT2D eigenvalue weighted by Crippen LogP contribution is -2.50. The van der Waals surface area contributed by atoms with Crippen LogP contribution in [0.15, 0.2) is 36.4 Å². The maximum absolute atomic E-state index is 11.6. The summed E-state index contributed by atoms with van der Waals surface area (Å²) in [6, 6.07) is 11.9. The number of amides is 1. The van der Waals surface area contributed by atoms with E-state index in [1.807, 2.05) is 36.1 Å². The van der Waals surface area contributed by atoms with Crippen molar-refractivity contribution in [1.82, 2.24) is 19.8 Å². The van der Waals surface area contributed by atoms with Gasteiger partial charge in [-0.2, -0.15) is 9.97 Å². The molecule has 0 saturated carbocycles. The minimum atomic E-state index is -0.119. The number of hydrogen-bond donors (Lipinski definition) is 2. The number of fused-ring (bicyclic) bond motifs is 2. The molecule has 0 spiro atoms. The Morgan fingerprint density at radius 1 is 1.14 bits per heavy atom. The summed E-state index contributed by atoms with van der Waals surface area (Å²) in [4.78, 5) is 27.1. The lowest BCUT2D eigenvalue weighted by molar-refractivity contribution is -0.130. The number of piperazine rings is 1. The predicted octanol–water partition coefficient (Wildman–Crippen LogP) is 2.41. The summed E-state index contributed by atoms with van der Waals surface area (Å²) in [6.45, 7) is 8.80. The minimum absolute atomic E-state index is 0.119. The van der Waals surface area contributed by atoms with Crippen molar-refractivity contribution < 1.29 is 14.6 Å². The summed E-state index contributed by atoms with van der Waals surface area (Å²) >= 11 is 0. The topological polar surface area (TPSA) is 108 Å². The second-order valence-corrected chi connectivity index (χ2v) is 9.41. The van der Waals surface area contributed by atoms with E-state index in [4.69, 9.17) is 15.5 Å². The standard InChI is InChI=1S/C26H32N6O3/c1-17(15-30-9-11-31(12-10-30)18(2)33)35-26-28-23-16-32(8-7-22(23)25(27)29-26)24-14-20(34)13-19-5-3-4-6-21(19)24/h3-6,13-14,17,34H,7-12,15-16H2,1-2H3,(H2,27,28,29)/t17-/m1/s1. The molecule has 5 rings (SSSR count). The summed E-state index contributed by atoms with van der Waals surface area (Å²) in [7, 11) is 0. The average Bonchev–Trinajstić information content (AvgIpc) is 2.83. The molecular weight excluding hydrogens is 444 g/mol. The Morgan fingerprint density at radius 2 is 1.91 bits per heavy atom. The predicted molar refractivity (Wildman–Crippen MR) is 136 cm³/mol. The highest BCUT2D eigenvalue weighted by Crippen LogP contribution is 2.35. The number of aromatic hydroxyl groups is 1. The first-order valence-electron chi connectivity index (χ1n) is 12.1. The van der Waals surface area contributed by atoms with Crippen LogP contribution in [0.4, 0.5) is 11.5 Å². The first-order valence-corrected chi connectivity index (χ1v) is 12.1. The molecule has 0 aliphatic carbocycles. The van der Waals surface area contributed by atoms with E-state index in [0.717, 1.165) is 73.4 Å². The molecule has 1 amide bonds. The first-order chi connectivity index (χ1) is 16.9. The molecule has 3 aromatic rings. The molecule has 1 saturated heterocycles. The van der Waals surface area contributed by atoms with Gasteiger partial charge in [0, 0.05) is 68.9 Å². The Kier molecular flexibility index (Phi) is 6.34. The third-order valence-corrected chi connectivity index (χ3v) is 6.88. The molecule has 35 heavy (non-hydrogen) atoms. The van der Waals surface area contributed by atoms with Crippen LogP contribution in [0, 0.1) is 0 Å². The van der Waals surface area contributed by atoms with Gasteiger partial charge in [-0.1, -0.05) is 24.3 Å². The number of carbonyl (C=O) groups is 1. The lowest BCUT2D eigenvalue weighted by Gasteiger charge is -2.35. The number of nitrogen functional groups attached to an aromatic ring is 1. The number of ether oxygens (including phenoxy) is 1. The van der Waals surface area contributed by atoms with Gasteiger partial charge < -0.3 is 25.4 Å². The van der Waals surface area contributed by atoms with Crippen LogP contribution in [0.3, 0.4) is 0 Å². The fraction of sp³-hybridized carbons (Fsp3) is 0.423. The number of phenols is 1. The van der Waals surface area contributed by atoms with Crippen LogP contribution in [0.1, 0.15) is 25.1 Å². The molecule has 0 radical (unpaired) electrons. The molecule has 1 atom stereocenters. The van der Waals surface area contributed by atoms with Gasteiger partial charge in [0.15, 0.2) is 0 Å². The number of rotatable bonds is 5. The van der Waals surface area contributed by atoms with Crippen LogP contribution in [0.2, 0.25) is 0 Å². The molecule has 3 heterocycles. The normalized spacial score (nSPS) is 17.3. The van der Waals surface area contributed by atoms with Crippen molar-refractivity contribution in [3.8, 4) is 11.8 Å². The van der Waals surface area contributed by atoms with Gasteiger partial charge >= 0.3 is 6.01 Å². The van der Waals surface area contributed by atoms with Crippen molar-refractivity contribution in [2.24, 2.45) is 0 Å². The molecule has 9 nitrogen and oxygen atoms in total. The van der Waals surface area contributed by atoms with Gasteiger partial charge in [-0.3, -0.25) is 9.69 Å². The largest absolute Gasteiger partial charge is 0.508 e. The number of benzene rings is 2. The number of anilines is 2. The van der Waals surface area contributed by atoms with E-state index in [1.54, 1.807) is 13.0 Å². The molecule has 2 aromatic carbocycles. The SMILES string of the molecule is CC(=O)N1CCN(C[C@@H](C)Oc2nc(N)c3c(n2)CN(c2cc(O)cc4ccccc24)CC3)CC1. The van der Waals surface area contributed by atoms with Gasteiger partial charge in [0.25, 0.3) is 0 Å². The van der Waals surface area contributed by atoms with E-state index in [-0.39, 0.29) is 17.8 Å². The number of aromatic nitrogens is 2. The van der Waals surface area contributed by atoms with E-state index < -0.39 is 0 Å². The molecular formula is C26H32N6O3. The third kappa shape index (κ3) is 4.95. The van der Waals surface area contributed by atoms with Gasteiger partial charge in [-0.15, -0.1) is 0 Å². The van der Waals surface area contributed by atoms with E-state index >= 15 is 0 Å².